The lowest BCUT2D eigenvalue weighted by atomic mass is 10.2. The molecule has 1 aromatic carbocycles. The fourth-order valence-electron chi connectivity index (χ4n) is 0.921. The molecule has 0 heterocycles. The third-order valence-electron chi connectivity index (χ3n) is 1.59. The van der Waals surface area contributed by atoms with Crippen LogP contribution in [0.2, 0.25) is 0 Å². The molecule has 1 aromatic rings. The number of carbonyl (C=O) groups excluding carboxylic acids is 1. The highest BCUT2D eigenvalue weighted by atomic mass is 79.9. The molecule has 3 nitrogen and oxygen atoms in total. The van der Waals surface area contributed by atoms with Crippen LogP contribution < -0.4 is 0 Å². The van der Waals surface area contributed by atoms with Gasteiger partial charge in [0.25, 0.3) is 0 Å². The second-order valence-corrected chi connectivity index (χ2v) is 3.52. The molecule has 1 rings (SSSR count). The molecule has 0 aliphatic rings. The predicted molar refractivity (Wildman–Crippen MR) is 55.9 cm³/mol. The Morgan fingerprint density at radius 2 is 2.36 bits per heavy atom. The Kier molecular flexibility index (Phi) is 3.66. The van der Waals surface area contributed by atoms with Crippen molar-refractivity contribution in [2.75, 3.05) is 0 Å². The van der Waals surface area contributed by atoms with Crippen LogP contribution in [0.4, 0.5) is 5.69 Å². The zero-order valence-electron chi connectivity index (χ0n) is 7.58. The summed E-state index contributed by atoms with van der Waals surface area (Å²) in [5.74, 6) is -0.329. The Morgan fingerprint density at radius 3 is 2.93 bits per heavy atom. The summed E-state index contributed by atoms with van der Waals surface area (Å²) in [4.78, 5) is 13.9. The summed E-state index contributed by atoms with van der Waals surface area (Å²) >= 11 is 3.32. The van der Waals surface area contributed by atoms with E-state index in [9.17, 15) is 4.79 Å². The summed E-state index contributed by atoms with van der Waals surface area (Å²) in [5.41, 5.74) is 1.34. The highest BCUT2D eigenvalue weighted by Crippen LogP contribution is 2.23. The first-order valence-corrected chi connectivity index (χ1v) is 4.72. The van der Waals surface area contributed by atoms with Crippen molar-refractivity contribution >= 4 is 27.6 Å². The van der Waals surface area contributed by atoms with Crippen LogP contribution in [0.25, 0.3) is 4.85 Å². The minimum atomic E-state index is -0.329. The summed E-state index contributed by atoms with van der Waals surface area (Å²) in [5, 5.41) is 0. The maximum absolute atomic E-state index is 10.6. The summed E-state index contributed by atoms with van der Waals surface area (Å²) < 4.78 is 5.68. The van der Waals surface area contributed by atoms with Crippen LogP contribution in [0.15, 0.2) is 22.7 Å². The molecule has 0 N–H and O–H groups in total. The molecule has 0 bridgehead atoms. The molecular weight excluding hydrogens is 246 g/mol. The van der Waals surface area contributed by atoms with E-state index in [2.05, 4.69) is 20.8 Å². The van der Waals surface area contributed by atoms with Gasteiger partial charge in [-0.3, -0.25) is 4.79 Å². The van der Waals surface area contributed by atoms with Gasteiger partial charge < -0.3 is 4.74 Å². The smallest absolute Gasteiger partial charge is 0.302 e. The molecule has 0 atom stereocenters. The van der Waals surface area contributed by atoms with Crippen molar-refractivity contribution in [1.82, 2.24) is 0 Å². The average Bonchev–Trinajstić information content (AvgIpc) is 2.16. The molecule has 0 aliphatic heterocycles. The Morgan fingerprint density at radius 1 is 1.64 bits per heavy atom. The molecule has 0 saturated heterocycles. The van der Waals surface area contributed by atoms with Crippen molar-refractivity contribution in [2.45, 2.75) is 13.5 Å². The molecule has 14 heavy (non-hydrogen) atoms. The maximum atomic E-state index is 10.6. The van der Waals surface area contributed by atoms with Crippen LogP contribution in [-0.4, -0.2) is 5.97 Å². The highest BCUT2D eigenvalue weighted by Gasteiger charge is 2.03. The molecular formula is C10H8BrNO2. The Balaban J connectivity index is 2.85. The first kappa shape index (κ1) is 10.7. The Bertz CT molecular complexity index is 396. The van der Waals surface area contributed by atoms with E-state index in [0.29, 0.717) is 5.69 Å². The van der Waals surface area contributed by atoms with E-state index in [1.54, 1.807) is 18.2 Å². The first-order valence-electron chi connectivity index (χ1n) is 3.92. The van der Waals surface area contributed by atoms with Crippen LogP contribution in [0.5, 0.6) is 0 Å². The molecule has 0 aliphatic carbocycles. The van der Waals surface area contributed by atoms with Crippen molar-refractivity contribution in [3.63, 3.8) is 0 Å². The summed E-state index contributed by atoms with van der Waals surface area (Å²) in [6.07, 6.45) is 0. The predicted octanol–water partition coefficient (Wildman–Crippen LogP) is 3.06. The lowest BCUT2D eigenvalue weighted by molar-refractivity contribution is -0.142. The van der Waals surface area contributed by atoms with E-state index in [0.717, 1.165) is 10.0 Å². The molecule has 0 fully saturated rings. The van der Waals surface area contributed by atoms with Crippen LogP contribution in [-0.2, 0) is 16.1 Å². The van der Waals surface area contributed by atoms with Crippen molar-refractivity contribution in [1.29, 1.82) is 0 Å². The molecule has 0 spiro atoms. The Labute approximate surface area is 90.6 Å². The largest absolute Gasteiger partial charge is 0.461 e. The third kappa shape index (κ3) is 2.86. The normalized spacial score (nSPS) is 9.21. The zero-order chi connectivity index (χ0) is 10.6. The van der Waals surface area contributed by atoms with Crippen molar-refractivity contribution in [2.24, 2.45) is 0 Å². The van der Waals surface area contributed by atoms with E-state index in [1.165, 1.54) is 6.92 Å². The number of benzene rings is 1. The fourth-order valence-corrected chi connectivity index (χ4v) is 1.28. The molecule has 0 amide bonds. The van der Waals surface area contributed by atoms with Crippen molar-refractivity contribution in [3.05, 3.63) is 39.7 Å². The quantitative estimate of drug-likeness (QED) is 0.599. The molecule has 0 aromatic heterocycles. The number of hydrogen-bond donors (Lipinski definition) is 0. The van der Waals surface area contributed by atoms with Crippen LogP contribution in [0, 0.1) is 6.57 Å². The SMILES string of the molecule is [C-]#[N+]c1ccc(Br)c(COC(C)=O)c1. The zero-order valence-corrected chi connectivity index (χ0v) is 9.17. The number of hydrogen-bond acceptors (Lipinski definition) is 2. The molecule has 72 valence electrons. The monoisotopic (exact) mass is 253 g/mol. The van der Waals surface area contributed by atoms with Gasteiger partial charge >= 0.3 is 5.97 Å². The fraction of sp³-hybridized carbons (Fsp3) is 0.200. The van der Waals surface area contributed by atoms with Gasteiger partial charge in [0.15, 0.2) is 5.69 Å². The second-order valence-electron chi connectivity index (χ2n) is 2.67. The molecule has 4 heteroatoms. The van der Waals surface area contributed by atoms with Crippen LogP contribution in [0.1, 0.15) is 12.5 Å². The van der Waals surface area contributed by atoms with E-state index >= 15 is 0 Å². The third-order valence-corrected chi connectivity index (χ3v) is 2.36. The molecule has 0 radical (unpaired) electrons. The standard InChI is InChI=1S/C10H8BrNO2/c1-7(13)14-6-8-5-9(12-2)3-4-10(8)11/h3-5H,6H2,1H3. The van der Waals surface area contributed by atoms with Crippen molar-refractivity contribution < 1.29 is 9.53 Å². The second kappa shape index (κ2) is 4.77. The molecule has 0 unspecified atom stereocenters. The first-order chi connectivity index (χ1) is 6.63. The van der Waals surface area contributed by atoms with Gasteiger partial charge in [-0.15, -0.1) is 0 Å². The molecule has 0 saturated carbocycles. The minimum absolute atomic E-state index is 0.194. The van der Waals surface area contributed by atoms with Gasteiger partial charge in [-0.1, -0.05) is 28.1 Å². The number of rotatable bonds is 2. The topological polar surface area (TPSA) is 30.7 Å². The van der Waals surface area contributed by atoms with Crippen molar-refractivity contribution in [3.8, 4) is 0 Å². The van der Waals surface area contributed by atoms with Gasteiger partial charge in [0.1, 0.15) is 6.61 Å². The maximum Gasteiger partial charge on any atom is 0.302 e. The number of carbonyl (C=O) groups is 1. The number of ether oxygens (including phenoxy) is 1. The summed E-state index contributed by atoms with van der Waals surface area (Å²) in [7, 11) is 0. The average molecular weight is 254 g/mol. The Hall–Kier alpha value is -1.34. The van der Waals surface area contributed by atoms with E-state index in [4.69, 9.17) is 11.3 Å². The van der Waals surface area contributed by atoms with E-state index in [1.807, 2.05) is 0 Å². The van der Waals surface area contributed by atoms with Crippen LogP contribution >= 0.6 is 15.9 Å². The van der Waals surface area contributed by atoms with Gasteiger partial charge in [0.2, 0.25) is 0 Å². The van der Waals surface area contributed by atoms with Gasteiger partial charge in [0.05, 0.1) is 6.57 Å². The number of esters is 1. The van der Waals surface area contributed by atoms with Crippen LogP contribution in [0.3, 0.4) is 0 Å². The number of nitrogens with zero attached hydrogens (tertiary/aromatic N) is 1. The highest BCUT2D eigenvalue weighted by molar-refractivity contribution is 9.10. The summed E-state index contributed by atoms with van der Waals surface area (Å²) in [6.45, 7) is 8.38. The van der Waals surface area contributed by atoms with Gasteiger partial charge in [0, 0.05) is 11.4 Å². The van der Waals surface area contributed by atoms with Gasteiger partial charge in [-0.2, -0.15) is 0 Å². The van der Waals surface area contributed by atoms with Gasteiger partial charge in [-0.05, 0) is 11.6 Å². The van der Waals surface area contributed by atoms with E-state index in [-0.39, 0.29) is 12.6 Å². The number of halogens is 1. The summed E-state index contributed by atoms with van der Waals surface area (Å²) in [6, 6.07) is 5.17. The van der Waals surface area contributed by atoms with E-state index < -0.39 is 0 Å². The lowest BCUT2D eigenvalue weighted by Gasteiger charge is -2.04. The minimum Gasteiger partial charge on any atom is -0.461 e. The van der Waals surface area contributed by atoms with Gasteiger partial charge in [-0.25, -0.2) is 4.85 Å². The lowest BCUT2D eigenvalue weighted by Crippen LogP contribution is -1.99.